The van der Waals surface area contributed by atoms with Gasteiger partial charge >= 0.3 is 13.9 Å². The number of benzene rings is 1. The van der Waals surface area contributed by atoms with Gasteiger partial charge < -0.3 is 19.8 Å². The minimum atomic E-state index is -4.61. The molecule has 0 spiro atoms. The number of amides is 1. The van der Waals surface area contributed by atoms with Gasteiger partial charge in [-0.2, -0.15) is 0 Å². The zero-order valence-corrected chi connectivity index (χ0v) is 16.1. The molecule has 1 atom stereocenters. The Balaban J connectivity index is 0.00000277. The maximum absolute atomic E-state index is 11.8. The second-order valence-electron chi connectivity index (χ2n) is 5.09. The van der Waals surface area contributed by atoms with E-state index in [1.807, 2.05) is 13.8 Å². The summed E-state index contributed by atoms with van der Waals surface area (Å²) in [6.45, 7) is 6.06. The van der Waals surface area contributed by atoms with Crippen molar-refractivity contribution < 1.29 is 28.4 Å². The quantitative estimate of drug-likeness (QED) is 0.419. The molecule has 1 rings (SSSR count). The van der Waals surface area contributed by atoms with E-state index in [1.54, 1.807) is 30.3 Å². The normalized spacial score (nSPS) is 11.9. The molecule has 144 valence electrons. The second kappa shape index (κ2) is 13.8. The summed E-state index contributed by atoms with van der Waals surface area (Å²) < 4.78 is 20.4. The Bertz CT molecular complexity index is 505. The number of unbranched alkanes of at least 4 members (excludes halogenated alkanes) is 3. The van der Waals surface area contributed by atoms with Crippen LogP contribution in [0.5, 0.6) is 0 Å². The van der Waals surface area contributed by atoms with Crippen LogP contribution in [0, 0.1) is 0 Å². The van der Waals surface area contributed by atoms with Gasteiger partial charge in [-0.05, 0) is 12.0 Å². The molecule has 0 unspecified atom stereocenters. The lowest BCUT2D eigenvalue weighted by Gasteiger charge is -2.19. The van der Waals surface area contributed by atoms with Crippen molar-refractivity contribution in [2.24, 2.45) is 0 Å². The van der Waals surface area contributed by atoms with Gasteiger partial charge in [-0.1, -0.05) is 70.4 Å². The molecule has 0 radical (unpaired) electrons. The molecule has 1 amide bonds. The van der Waals surface area contributed by atoms with Crippen LogP contribution < -0.4 is 5.32 Å². The van der Waals surface area contributed by atoms with Gasteiger partial charge in [0.1, 0.15) is 0 Å². The van der Waals surface area contributed by atoms with E-state index in [0.29, 0.717) is 12.2 Å². The Morgan fingerprint density at radius 2 is 1.80 bits per heavy atom. The van der Waals surface area contributed by atoms with Gasteiger partial charge in [0.15, 0.2) is 0 Å². The molecule has 1 aromatic carbocycles. The van der Waals surface area contributed by atoms with Crippen molar-refractivity contribution in [3.05, 3.63) is 35.9 Å². The number of alkyl carbamates (subject to hydrolysis) is 1. The van der Waals surface area contributed by atoms with Gasteiger partial charge in [0.25, 0.3) is 0 Å². The summed E-state index contributed by atoms with van der Waals surface area (Å²) in [6.07, 6.45) is 3.34. The first kappa shape index (κ1) is 23.6. The van der Waals surface area contributed by atoms with Crippen molar-refractivity contribution in [3.63, 3.8) is 0 Å². The first-order valence-corrected chi connectivity index (χ1v) is 10.1. The van der Waals surface area contributed by atoms with E-state index >= 15 is 0 Å². The topological polar surface area (TPSA) is 105 Å². The van der Waals surface area contributed by atoms with Crippen LogP contribution in [0.2, 0.25) is 0 Å². The number of hydrogen-bond donors (Lipinski definition) is 3. The number of rotatable bonds is 10. The lowest BCUT2D eigenvalue weighted by atomic mass is 10.1. The van der Waals surface area contributed by atoms with Gasteiger partial charge in [0, 0.05) is 0 Å². The molecule has 0 saturated heterocycles. The van der Waals surface area contributed by atoms with Crippen LogP contribution in [0.3, 0.4) is 0 Å². The Labute approximate surface area is 150 Å². The molecule has 0 aromatic heterocycles. The van der Waals surface area contributed by atoms with E-state index in [2.05, 4.69) is 16.8 Å². The number of phosphoric acid groups is 1. The van der Waals surface area contributed by atoms with Crippen LogP contribution in [0.25, 0.3) is 0 Å². The molecule has 0 aliphatic rings. The van der Waals surface area contributed by atoms with Crippen LogP contribution in [0.4, 0.5) is 4.79 Å². The Morgan fingerprint density at radius 3 is 2.36 bits per heavy atom. The molecule has 25 heavy (non-hydrogen) atoms. The molecular weight excluding hydrogens is 345 g/mol. The molecule has 0 aliphatic carbocycles. The fraction of sp³-hybridized carbons (Fsp3) is 0.588. The average molecular weight is 375 g/mol. The third-order valence-electron chi connectivity index (χ3n) is 3.13. The minimum Gasteiger partial charge on any atom is -0.450 e. The van der Waals surface area contributed by atoms with E-state index < -0.39 is 20.0 Å². The summed E-state index contributed by atoms with van der Waals surface area (Å²) in [7, 11) is -4.61. The summed E-state index contributed by atoms with van der Waals surface area (Å²) in [5.74, 6) is 0. The second-order valence-corrected chi connectivity index (χ2v) is 6.33. The summed E-state index contributed by atoms with van der Waals surface area (Å²) in [4.78, 5) is 29.4. The van der Waals surface area contributed by atoms with E-state index in [0.717, 1.165) is 25.7 Å². The van der Waals surface area contributed by atoms with Crippen molar-refractivity contribution in [3.8, 4) is 0 Å². The number of carbonyl (C=O) groups is 1. The molecule has 0 heterocycles. The number of carbonyl (C=O) groups excluding carboxylic acids is 1. The maximum atomic E-state index is 11.8. The lowest BCUT2D eigenvalue weighted by molar-refractivity contribution is 0.129. The minimum absolute atomic E-state index is 0.312. The fourth-order valence-corrected chi connectivity index (χ4v) is 2.30. The number of phosphoric ester groups is 1. The standard InChI is InChI=1S/C15H24NO6P.C2H6/c1-2-3-4-8-11-21-15(17)16-14(12-22-23(18,19)20)13-9-6-5-7-10-13;1-2/h5-7,9-10,14H,2-4,8,11-12H2,1H3,(H,16,17)(H2,18,19,20);1-2H3/t14-;/m1./s1. The first-order valence-electron chi connectivity index (χ1n) is 8.60. The average Bonchev–Trinajstić information content (AvgIpc) is 2.60. The summed E-state index contributed by atoms with van der Waals surface area (Å²) in [5, 5.41) is 2.57. The molecule has 0 aliphatic heterocycles. The zero-order valence-electron chi connectivity index (χ0n) is 15.2. The van der Waals surface area contributed by atoms with Crippen LogP contribution in [0.1, 0.15) is 58.1 Å². The number of nitrogens with one attached hydrogen (secondary N) is 1. The summed E-state index contributed by atoms with van der Waals surface area (Å²) >= 11 is 0. The fourth-order valence-electron chi connectivity index (χ4n) is 1.96. The smallest absolute Gasteiger partial charge is 0.450 e. The Morgan fingerprint density at radius 1 is 1.16 bits per heavy atom. The van der Waals surface area contributed by atoms with Gasteiger partial charge in [0.05, 0.1) is 19.3 Å². The third kappa shape index (κ3) is 12.6. The van der Waals surface area contributed by atoms with Gasteiger partial charge in [0.2, 0.25) is 0 Å². The molecule has 0 bridgehead atoms. The zero-order chi connectivity index (χ0) is 19.1. The van der Waals surface area contributed by atoms with Crippen molar-refractivity contribution >= 4 is 13.9 Å². The summed E-state index contributed by atoms with van der Waals surface area (Å²) in [5.41, 5.74) is 0.670. The van der Waals surface area contributed by atoms with Crippen molar-refractivity contribution in [1.82, 2.24) is 5.32 Å². The highest BCUT2D eigenvalue weighted by Crippen LogP contribution is 2.37. The predicted octanol–water partition coefficient (Wildman–Crippen LogP) is 4.17. The predicted molar refractivity (Wildman–Crippen MR) is 97.2 cm³/mol. The van der Waals surface area contributed by atoms with Crippen molar-refractivity contribution in [1.29, 1.82) is 0 Å². The SMILES string of the molecule is CC.CCCCCCOC(=O)N[C@H](COP(=O)(O)O)c1ccccc1. The molecule has 0 fully saturated rings. The van der Waals surface area contributed by atoms with E-state index in [1.165, 1.54) is 0 Å². The molecule has 1 aromatic rings. The lowest BCUT2D eigenvalue weighted by Crippen LogP contribution is -2.32. The first-order chi connectivity index (χ1) is 11.9. The van der Waals surface area contributed by atoms with Crippen molar-refractivity contribution in [2.75, 3.05) is 13.2 Å². The van der Waals surface area contributed by atoms with E-state index in [-0.39, 0.29) is 6.61 Å². The van der Waals surface area contributed by atoms with Gasteiger partial charge in [-0.25, -0.2) is 9.36 Å². The van der Waals surface area contributed by atoms with Crippen LogP contribution >= 0.6 is 7.82 Å². The molecule has 7 nitrogen and oxygen atoms in total. The number of hydrogen-bond acceptors (Lipinski definition) is 4. The van der Waals surface area contributed by atoms with E-state index in [9.17, 15) is 9.36 Å². The Kier molecular flexibility index (Phi) is 13.1. The van der Waals surface area contributed by atoms with Crippen LogP contribution in [-0.4, -0.2) is 29.1 Å². The third-order valence-corrected chi connectivity index (χ3v) is 3.62. The molecular formula is C17H30NO6P. The Hall–Kier alpha value is -1.40. The largest absolute Gasteiger partial charge is 0.469 e. The number of ether oxygens (including phenoxy) is 1. The summed E-state index contributed by atoms with van der Waals surface area (Å²) in [6, 6.07) is 8.09. The molecule has 3 N–H and O–H groups in total. The highest BCUT2D eigenvalue weighted by molar-refractivity contribution is 7.46. The van der Waals surface area contributed by atoms with Crippen molar-refractivity contribution in [2.45, 2.75) is 52.5 Å². The van der Waals surface area contributed by atoms with E-state index in [4.69, 9.17) is 14.5 Å². The van der Waals surface area contributed by atoms with Gasteiger partial charge in [-0.3, -0.25) is 4.52 Å². The monoisotopic (exact) mass is 375 g/mol. The molecule has 0 saturated carbocycles. The van der Waals surface area contributed by atoms with Gasteiger partial charge in [-0.15, -0.1) is 0 Å². The van der Waals surface area contributed by atoms with Crippen LogP contribution in [0.15, 0.2) is 30.3 Å². The maximum Gasteiger partial charge on any atom is 0.469 e. The highest BCUT2D eigenvalue weighted by Gasteiger charge is 2.21. The highest BCUT2D eigenvalue weighted by atomic mass is 31.2. The van der Waals surface area contributed by atoms with Crippen LogP contribution in [-0.2, 0) is 13.8 Å². The molecule has 8 heteroatoms.